The van der Waals surface area contributed by atoms with Crippen LogP contribution in [0.3, 0.4) is 0 Å². The third-order valence-corrected chi connectivity index (χ3v) is 3.87. The highest BCUT2D eigenvalue weighted by Crippen LogP contribution is 2.47. The molecule has 4 unspecified atom stereocenters. The highest BCUT2D eigenvalue weighted by Gasteiger charge is 2.35. The molecule has 2 fully saturated rings. The summed E-state index contributed by atoms with van der Waals surface area (Å²) < 4.78 is 0. The summed E-state index contributed by atoms with van der Waals surface area (Å²) in [5, 5.41) is 0. The van der Waals surface area contributed by atoms with Crippen LogP contribution in [0, 0.1) is 11.8 Å². The van der Waals surface area contributed by atoms with Crippen LogP contribution in [0.5, 0.6) is 0 Å². The summed E-state index contributed by atoms with van der Waals surface area (Å²) in [4.78, 5) is 0. The van der Waals surface area contributed by atoms with Crippen molar-refractivity contribution in [3.05, 3.63) is 0 Å². The molecule has 1 radical (unpaired) electrons. The Labute approximate surface area is 71.0 Å². The van der Waals surface area contributed by atoms with Crippen molar-refractivity contribution >= 4 is 7.28 Å². The average molecular weight is 149 g/mol. The maximum atomic E-state index is 2.66. The zero-order valence-electron chi connectivity index (χ0n) is 7.72. The largest absolute Gasteiger partial charge is 0.118 e. The topological polar surface area (TPSA) is 0 Å². The molecule has 0 N–H and O–H groups in total. The van der Waals surface area contributed by atoms with Crippen molar-refractivity contribution in [2.45, 2.75) is 51.2 Å². The lowest BCUT2D eigenvalue weighted by atomic mass is 9.39. The van der Waals surface area contributed by atoms with Gasteiger partial charge in [0.25, 0.3) is 0 Å². The third-order valence-electron chi connectivity index (χ3n) is 3.87. The fourth-order valence-electron chi connectivity index (χ4n) is 2.27. The van der Waals surface area contributed by atoms with Gasteiger partial charge in [-0.25, -0.2) is 0 Å². The van der Waals surface area contributed by atoms with Crippen molar-refractivity contribution in [2.75, 3.05) is 0 Å². The highest BCUT2D eigenvalue weighted by atomic mass is 14.3. The van der Waals surface area contributed by atoms with E-state index in [-0.39, 0.29) is 0 Å². The summed E-state index contributed by atoms with van der Waals surface area (Å²) in [5.41, 5.74) is 0. The lowest BCUT2D eigenvalue weighted by Gasteiger charge is -2.41. The standard InChI is InChI=1S/C10H18B/c1-7-3-5-9(7)11-10-6-4-8(10)2/h7-10H,3-6H2,1-2H3. The Hall–Kier alpha value is 0.0649. The lowest BCUT2D eigenvalue weighted by molar-refractivity contribution is 0.306. The van der Waals surface area contributed by atoms with E-state index in [9.17, 15) is 0 Å². The van der Waals surface area contributed by atoms with E-state index in [1.54, 1.807) is 0 Å². The van der Waals surface area contributed by atoms with Crippen molar-refractivity contribution in [1.29, 1.82) is 0 Å². The normalized spacial score (nSPS) is 49.3. The second-order valence-electron chi connectivity index (χ2n) is 4.63. The van der Waals surface area contributed by atoms with Crippen LogP contribution in [0.4, 0.5) is 0 Å². The molecule has 61 valence electrons. The number of rotatable bonds is 2. The molecule has 0 heterocycles. The van der Waals surface area contributed by atoms with Gasteiger partial charge >= 0.3 is 0 Å². The summed E-state index contributed by atoms with van der Waals surface area (Å²) >= 11 is 0. The summed E-state index contributed by atoms with van der Waals surface area (Å²) in [6, 6.07) is 0. The Kier molecular flexibility index (Phi) is 1.99. The molecule has 1 heteroatoms. The smallest absolute Gasteiger partial charge is 0.0660 e. The van der Waals surface area contributed by atoms with E-state index in [0.29, 0.717) is 0 Å². The van der Waals surface area contributed by atoms with Crippen molar-refractivity contribution < 1.29 is 0 Å². The van der Waals surface area contributed by atoms with Crippen molar-refractivity contribution in [2.24, 2.45) is 11.8 Å². The first-order valence-electron chi connectivity index (χ1n) is 5.12. The molecule has 2 aliphatic rings. The second kappa shape index (κ2) is 2.84. The molecule has 0 saturated heterocycles. The Bertz CT molecular complexity index is 128. The second-order valence-corrected chi connectivity index (χ2v) is 4.63. The highest BCUT2D eigenvalue weighted by molar-refractivity contribution is 6.40. The molecule has 2 rings (SSSR count). The van der Waals surface area contributed by atoms with Gasteiger partial charge in [-0.1, -0.05) is 51.2 Å². The molecule has 2 aliphatic carbocycles. The molecule has 0 aromatic carbocycles. The zero-order chi connectivity index (χ0) is 7.84. The molecule has 0 aliphatic heterocycles. The Balaban J connectivity index is 1.73. The van der Waals surface area contributed by atoms with Crippen LogP contribution >= 0.6 is 0 Å². The zero-order valence-corrected chi connectivity index (χ0v) is 7.72. The minimum atomic E-state index is 0.989. The Morgan fingerprint density at radius 3 is 1.45 bits per heavy atom. The molecular weight excluding hydrogens is 131 g/mol. The van der Waals surface area contributed by atoms with Gasteiger partial charge < -0.3 is 0 Å². The quantitative estimate of drug-likeness (QED) is 0.529. The van der Waals surface area contributed by atoms with Crippen LogP contribution in [0.2, 0.25) is 11.6 Å². The van der Waals surface area contributed by atoms with Gasteiger partial charge in [-0.05, 0) is 11.8 Å². The Morgan fingerprint density at radius 2 is 1.27 bits per heavy atom. The fraction of sp³-hybridized carbons (Fsp3) is 1.00. The van der Waals surface area contributed by atoms with Crippen LogP contribution in [-0.2, 0) is 0 Å². The average Bonchev–Trinajstić information content (AvgIpc) is 1.99. The molecule has 0 aromatic heterocycles. The van der Waals surface area contributed by atoms with Crippen LogP contribution in [0.25, 0.3) is 0 Å². The molecule has 0 aromatic rings. The van der Waals surface area contributed by atoms with E-state index < -0.39 is 0 Å². The molecule has 4 atom stereocenters. The maximum absolute atomic E-state index is 2.66. The third kappa shape index (κ3) is 1.34. The predicted octanol–water partition coefficient (Wildman–Crippen LogP) is 3.13. The predicted molar refractivity (Wildman–Crippen MR) is 50.1 cm³/mol. The van der Waals surface area contributed by atoms with E-state index in [1.807, 2.05) is 0 Å². The van der Waals surface area contributed by atoms with Gasteiger partial charge in [-0.2, -0.15) is 0 Å². The fourth-order valence-corrected chi connectivity index (χ4v) is 2.27. The van der Waals surface area contributed by atoms with E-state index in [4.69, 9.17) is 0 Å². The first-order valence-corrected chi connectivity index (χ1v) is 5.12. The van der Waals surface area contributed by atoms with Gasteiger partial charge in [0.2, 0.25) is 0 Å². The molecule has 11 heavy (non-hydrogen) atoms. The molecule has 2 saturated carbocycles. The van der Waals surface area contributed by atoms with Crippen molar-refractivity contribution in [3.8, 4) is 0 Å². The monoisotopic (exact) mass is 149 g/mol. The molecule has 0 bridgehead atoms. The maximum Gasteiger partial charge on any atom is 0.118 e. The van der Waals surface area contributed by atoms with E-state index in [1.165, 1.54) is 25.7 Å². The summed E-state index contributed by atoms with van der Waals surface area (Å²) in [7, 11) is 2.66. The molecular formula is C10H18B. The van der Waals surface area contributed by atoms with Crippen LogP contribution in [0.15, 0.2) is 0 Å². The van der Waals surface area contributed by atoms with Gasteiger partial charge in [0, 0.05) is 0 Å². The van der Waals surface area contributed by atoms with E-state index in [2.05, 4.69) is 21.1 Å². The number of hydrogen-bond donors (Lipinski definition) is 0. The number of hydrogen-bond acceptors (Lipinski definition) is 0. The first-order chi connectivity index (χ1) is 5.27. The Morgan fingerprint density at radius 1 is 0.818 bits per heavy atom. The molecule has 0 amide bonds. The van der Waals surface area contributed by atoms with Crippen molar-refractivity contribution in [3.63, 3.8) is 0 Å². The van der Waals surface area contributed by atoms with Gasteiger partial charge in [0.05, 0.1) is 0 Å². The first kappa shape index (κ1) is 7.70. The van der Waals surface area contributed by atoms with Crippen molar-refractivity contribution in [1.82, 2.24) is 0 Å². The minimum absolute atomic E-state index is 0.989. The van der Waals surface area contributed by atoms with Gasteiger partial charge in [-0.15, -0.1) is 0 Å². The summed E-state index contributed by atoms with van der Waals surface area (Å²) in [5.74, 6) is 3.98. The van der Waals surface area contributed by atoms with Gasteiger partial charge in [0.15, 0.2) is 0 Å². The molecule has 0 spiro atoms. The van der Waals surface area contributed by atoms with Gasteiger partial charge in [0.1, 0.15) is 7.28 Å². The van der Waals surface area contributed by atoms with E-state index >= 15 is 0 Å². The van der Waals surface area contributed by atoms with Crippen LogP contribution in [-0.4, -0.2) is 7.28 Å². The summed E-state index contributed by atoms with van der Waals surface area (Å²) in [6.07, 6.45) is 5.90. The summed E-state index contributed by atoms with van der Waals surface area (Å²) in [6.45, 7) is 4.79. The van der Waals surface area contributed by atoms with Crippen LogP contribution in [0.1, 0.15) is 39.5 Å². The molecule has 0 nitrogen and oxygen atoms in total. The van der Waals surface area contributed by atoms with Gasteiger partial charge in [-0.3, -0.25) is 0 Å². The lowest BCUT2D eigenvalue weighted by Crippen LogP contribution is -2.31. The minimum Gasteiger partial charge on any atom is -0.0660 e. The SMILES string of the molecule is CC1CCC1[B]C1CCC1C. The van der Waals surface area contributed by atoms with Crippen LogP contribution < -0.4 is 0 Å². The van der Waals surface area contributed by atoms with E-state index in [0.717, 1.165) is 23.5 Å².